The molecule has 2 aliphatic rings. The third-order valence-electron chi connectivity index (χ3n) is 5.18. The molecule has 2 aromatic rings. The van der Waals surface area contributed by atoms with Gasteiger partial charge in [0.25, 0.3) is 0 Å². The van der Waals surface area contributed by atoms with E-state index in [0.29, 0.717) is 25.3 Å². The minimum atomic E-state index is -0.207. The second-order valence-corrected chi connectivity index (χ2v) is 7.44. The fourth-order valence-corrected chi connectivity index (χ4v) is 3.59. The highest BCUT2D eigenvalue weighted by Gasteiger charge is 2.36. The van der Waals surface area contributed by atoms with Crippen LogP contribution < -0.4 is 15.0 Å². The SMILES string of the molecule is COc1cccc(N2C[C@H](NC(=O)N(Cc3cnn(C)c3)C3CC3)CC2=O)c1. The monoisotopic (exact) mass is 383 g/mol. The normalized spacial score (nSPS) is 19.0. The summed E-state index contributed by atoms with van der Waals surface area (Å²) in [6, 6.07) is 7.36. The van der Waals surface area contributed by atoms with Gasteiger partial charge in [0.2, 0.25) is 5.91 Å². The number of carbonyl (C=O) groups is 2. The lowest BCUT2D eigenvalue weighted by atomic mass is 10.2. The summed E-state index contributed by atoms with van der Waals surface area (Å²) in [6.07, 6.45) is 6.05. The number of methoxy groups -OCH3 is 1. The molecule has 1 N–H and O–H groups in total. The Hall–Kier alpha value is -3.03. The van der Waals surface area contributed by atoms with Crippen molar-refractivity contribution in [2.75, 3.05) is 18.6 Å². The van der Waals surface area contributed by atoms with Crippen molar-refractivity contribution in [3.05, 3.63) is 42.2 Å². The minimum Gasteiger partial charge on any atom is -0.497 e. The van der Waals surface area contributed by atoms with Crippen molar-refractivity contribution in [1.29, 1.82) is 0 Å². The van der Waals surface area contributed by atoms with Crippen molar-refractivity contribution in [2.45, 2.75) is 37.9 Å². The number of anilines is 1. The fourth-order valence-electron chi connectivity index (χ4n) is 3.59. The lowest BCUT2D eigenvalue weighted by molar-refractivity contribution is -0.117. The van der Waals surface area contributed by atoms with E-state index in [0.717, 1.165) is 24.1 Å². The zero-order valence-electron chi connectivity index (χ0n) is 16.2. The Morgan fingerprint density at radius 1 is 1.39 bits per heavy atom. The van der Waals surface area contributed by atoms with E-state index in [4.69, 9.17) is 4.74 Å². The van der Waals surface area contributed by atoms with Crippen LogP contribution >= 0.6 is 0 Å². The molecule has 1 aliphatic heterocycles. The minimum absolute atomic E-state index is 0.00350. The molecule has 1 saturated heterocycles. The van der Waals surface area contributed by atoms with Gasteiger partial charge in [0.15, 0.2) is 0 Å². The van der Waals surface area contributed by atoms with Crippen molar-refractivity contribution in [3.63, 3.8) is 0 Å². The van der Waals surface area contributed by atoms with Crippen LogP contribution in [0.4, 0.5) is 10.5 Å². The summed E-state index contributed by atoms with van der Waals surface area (Å²) in [5.41, 5.74) is 1.79. The zero-order chi connectivity index (χ0) is 19.7. The number of nitrogens with one attached hydrogen (secondary N) is 1. The van der Waals surface area contributed by atoms with Gasteiger partial charge in [-0.25, -0.2) is 4.79 Å². The Kier molecular flexibility index (Phi) is 4.93. The molecule has 0 radical (unpaired) electrons. The molecule has 1 atom stereocenters. The Balaban J connectivity index is 1.40. The predicted molar refractivity (Wildman–Crippen MR) is 104 cm³/mol. The van der Waals surface area contributed by atoms with Crippen LogP contribution in [0.3, 0.4) is 0 Å². The number of aromatic nitrogens is 2. The number of carbonyl (C=O) groups excluding carboxylic acids is 2. The van der Waals surface area contributed by atoms with Crippen molar-refractivity contribution < 1.29 is 14.3 Å². The van der Waals surface area contributed by atoms with Crippen LogP contribution in [0.5, 0.6) is 5.75 Å². The molecule has 148 valence electrons. The molecule has 0 unspecified atom stereocenters. The van der Waals surface area contributed by atoms with Crippen molar-refractivity contribution >= 4 is 17.6 Å². The van der Waals surface area contributed by atoms with Crippen LogP contribution in [0.1, 0.15) is 24.8 Å². The Labute approximate surface area is 164 Å². The van der Waals surface area contributed by atoms with Gasteiger partial charge in [-0.1, -0.05) is 6.07 Å². The van der Waals surface area contributed by atoms with Gasteiger partial charge in [0, 0.05) is 49.6 Å². The summed E-state index contributed by atoms with van der Waals surface area (Å²) in [4.78, 5) is 28.9. The van der Waals surface area contributed by atoms with Gasteiger partial charge in [0.1, 0.15) is 5.75 Å². The second kappa shape index (κ2) is 7.53. The Morgan fingerprint density at radius 2 is 2.21 bits per heavy atom. The molecular formula is C20H25N5O3. The fraction of sp³-hybridized carbons (Fsp3) is 0.450. The highest BCUT2D eigenvalue weighted by Crippen LogP contribution is 2.29. The standard InChI is InChI=1S/C20H25N5O3/c1-23-11-14(10-21-23)12-25(16-6-7-16)20(27)22-15-8-19(26)24(13-15)17-4-3-5-18(9-17)28-2/h3-5,9-11,15-16H,6-8,12-13H2,1-2H3,(H,22,27)/t15-/m1/s1. The van der Waals surface area contributed by atoms with Crippen LogP contribution in [-0.2, 0) is 18.4 Å². The maximum absolute atomic E-state index is 12.9. The average Bonchev–Trinajstić information content (AvgIpc) is 3.34. The Morgan fingerprint density at radius 3 is 2.89 bits per heavy atom. The zero-order valence-corrected chi connectivity index (χ0v) is 16.2. The largest absolute Gasteiger partial charge is 0.497 e. The number of aryl methyl sites for hydroxylation is 1. The van der Waals surface area contributed by atoms with Crippen molar-refractivity contribution in [2.24, 2.45) is 7.05 Å². The lowest BCUT2D eigenvalue weighted by Crippen LogP contribution is -2.46. The van der Waals surface area contributed by atoms with Crippen LogP contribution in [0, 0.1) is 0 Å². The highest BCUT2D eigenvalue weighted by atomic mass is 16.5. The summed E-state index contributed by atoms with van der Waals surface area (Å²) in [5, 5.41) is 7.23. The third-order valence-corrected chi connectivity index (χ3v) is 5.18. The molecule has 3 amide bonds. The van der Waals surface area contributed by atoms with Crippen LogP contribution in [-0.4, -0.2) is 52.4 Å². The van der Waals surface area contributed by atoms with E-state index < -0.39 is 0 Å². The molecule has 1 aromatic heterocycles. The molecule has 1 saturated carbocycles. The molecule has 8 nitrogen and oxygen atoms in total. The number of nitrogens with zero attached hydrogens (tertiary/aromatic N) is 4. The van der Waals surface area contributed by atoms with Gasteiger partial charge in [0.05, 0.1) is 25.9 Å². The van der Waals surface area contributed by atoms with E-state index in [-0.39, 0.29) is 24.0 Å². The molecule has 28 heavy (non-hydrogen) atoms. The number of urea groups is 1. The van der Waals surface area contributed by atoms with Crippen LogP contribution in [0.25, 0.3) is 0 Å². The number of benzene rings is 1. The van der Waals surface area contributed by atoms with Crippen LogP contribution in [0.2, 0.25) is 0 Å². The van der Waals surface area contributed by atoms with Crippen molar-refractivity contribution in [3.8, 4) is 5.75 Å². The van der Waals surface area contributed by atoms with E-state index in [1.165, 1.54) is 0 Å². The summed E-state index contributed by atoms with van der Waals surface area (Å²) in [5.74, 6) is 0.706. The molecule has 8 heteroatoms. The predicted octanol–water partition coefficient (Wildman–Crippen LogP) is 1.91. The van der Waals surface area contributed by atoms with Crippen molar-refractivity contribution in [1.82, 2.24) is 20.0 Å². The third kappa shape index (κ3) is 3.95. The van der Waals surface area contributed by atoms with Gasteiger partial charge in [-0.2, -0.15) is 5.10 Å². The van der Waals surface area contributed by atoms with E-state index in [2.05, 4.69) is 10.4 Å². The number of hydrogen-bond donors (Lipinski definition) is 1. The molecule has 1 aliphatic carbocycles. The maximum Gasteiger partial charge on any atom is 0.318 e. The van der Waals surface area contributed by atoms with E-state index >= 15 is 0 Å². The van der Waals surface area contributed by atoms with Gasteiger partial charge in [-0.05, 0) is 25.0 Å². The van der Waals surface area contributed by atoms with Crippen LogP contribution in [0.15, 0.2) is 36.7 Å². The Bertz CT molecular complexity index is 876. The smallest absolute Gasteiger partial charge is 0.318 e. The lowest BCUT2D eigenvalue weighted by Gasteiger charge is -2.24. The molecular weight excluding hydrogens is 358 g/mol. The summed E-state index contributed by atoms with van der Waals surface area (Å²) in [6.45, 7) is 0.994. The number of ether oxygens (including phenoxy) is 1. The average molecular weight is 383 g/mol. The maximum atomic E-state index is 12.9. The van der Waals surface area contributed by atoms with Gasteiger partial charge < -0.3 is 19.9 Å². The van der Waals surface area contributed by atoms with Gasteiger partial charge in [-0.15, -0.1) is 0 Å². The molecule has 2 fully saturated rings. The molecule has 2 heterocycles. The first-order valence-electron chi connectivity index (χ1n) is 9.52. The molecule has 1 aromatic carbocycles. The molecule has 4 rings (SSSR count). The summed E-state index contributed by atoms with van der Waals surface area (Å²) in [7, 11) is 3.46. The molecule has 0 spiro atoms. The van der Waals surface area contributed by atoms with Gasteiger partial charge >= 0.3 is 6.03 Å². The topological polar surface area (TPSA) is 79.7 Å². The van der Waals surface area contributed by atoms with Gasteiger partial charge in [-0.3, -0.25) is 9.48 Å². The van der Waals surface area contributed by atoms with E-state index in [1.54, 1.807) is 22.9 Å². The second-order valence-electron chi connectivity index (χ2n) is 7.44. The summed E-state index contributed by atoms with van der Waals surface area (Å²) < 4.78 is 6.98. The number of amides is 3. The quantitative estimate of drug-likeness (QED) is 0.826. The first-order valence-corrected chi connectivity index (χ1v) is 9.52. The number of hydrogen-bond acceptors (Lipinski definition) is 4. The molecule has 0 bridgehead atoms. The first kappa shape index (κ1) is 18.3. The van der Waals surface area contributed by atoms with E-state index in [1.807, 2.05) is 42.4 Å². The summed E-state index contributed by atoms with van der Waals surface area (Å²) >= 11 is 0. The van der Waals surface area contributed by atoms with E-state index in [9.17, 15) is 9.59 Å². The highest BCUT2D eigenvalue weighted by molar-refractivity contribution is 5.97. The number of rotatable bonds is 6. The first-order chi connectivity index (χ1) is 13.5.